The lowest BCUT2D eigenvalue weighted by atomic mass is 10.2. The molecule has 3 nitrogen and oxygen atoms in total. The van der Waals surface area contributed by atoms with Gasteiger partial charge in [0.1, 0.15) is 10.0 Å². The fraction of sp³-hybridized carbons (Fsp3) is 0.800. The Morgan fingerprint density at radius 3 is 2.93 bits per heavy atom. The van der Waals surface area contributed by atoms with E-state index in [2.05, 4.69) is 22.4 Å². The molecular weight excluding hydrogens is 226 g/mol. The second kappa shape index (κ2) is 5.27. The summed E-state index contributed by atoms with van der Waals surface area (Å²) in [4.78, 5) is 0. The van der Waals surface area contributed by atoms with E-state index in [0.717, 1.165) is 5.01 Å². The van der Waals surface area contributed by atoms with Crippen LogP contribution >= 0.6 is 23.1 Å². The Morgan fingerprint density at radius 1 is 1.40 bits per heavy atom. The molecule has 1 aromatic rings. The van der Waals surface area contributed by atoms with Gasteiger partial charge in [-0.2, -0.15) is 11.8 Å². The summed E-state index contributed by atoms with van der Waals surface area (Å²) in [6.45, 7) is 2.12. The number of rotatable bonds is 3. The van der Waals surface area contributed by atoms with E-state index in [-0.39, 0.29) is 0 Å². The molecule has 2 atom stereocenters. The normalized spacial score (nSPS) is 24.0. The molecule has 0 saturated carbocycles. The first-order valence-corrected chi connectivity index (χ1v) is 7.30. The maximum atomic E-state index is 4.32. The molecule has 2 unspecified atom stereocenters. The lowest BCUT2D eigenvalue weighted by Gasteiger charge is -2.18. The molecule has 0 aliphatic carbocycles. The van der Waals surface area contributed by atoms with Crippen LogP contribution in [0.3, 0.4) is 0 Å². The quantitative estimate of drug-likeness (QED) is 0.886. The summed E-state index contributed by atoms with van der Waals surface area (Å²) >= 11 is 3.80. The van der Waals surface area contributed by atoms with Crippen LogP contribution in [0, 0.1) is 0 Å². The van der Waals surface area contributed by atoms with Gasteiger partial charge in [0.2, 0.25) is 0 Å². The van der Waals surface area contributed by atoms with Gasteiger partial charge in [0.05, 0.1) is 11.3 Å². The van der Waals surface area contributed by atoms with Crippen LogP contribution in [0.4, 0.5) is 0 Å². The highest BCUT2D eigenvalue weighted by atomic mass is 32.2. The summed E-state index contributed by atoms with van der Waals surface area (Å²) < 4.78 is 0. The monoisotopic (exact) mass is 243 g/mol. The van der Waals surface area contributed by atoms with Crippen molar-refractivity contribution in [2.45, 2.75) is 37.5 Å². The van der Waals surface area contributed by atoms with Gasteiger partial charge in [-0.25, -0.2) is 0 Å². The molecule has 0 aromatic carbocycles. The van der Waals surface area contributed by atoms with E-state index >= 15 is 0 Å². The molecule has 1 saturated heterocycles. The van der Waals surface area contributed by atoms with E-state index in [1.807, 2.05) is 18.8 Å². The molecule has 1 fully saturated rings. The van der Waals surface area contributed by atoms with Crippen LogP contribution in [0.1, 0.15) is 47.5 Å². The number of hydrogen-bond acceptors (Lipinski definition) is 5. The molecule has 1 aliphatic heterocycles. The predicted molar refractivity (Wildman–Crippen MR) is 66.4 cm³/mol. The molecule has 1 aromatic heterocycles. The number of thioether (sulfide) groups is 1. The van der Waals surface area contributed by atoms with Gasteiger partial charge >= 0.3 is 0 Å². The number of nitrogens with zero attached hydrogens (tertiary/aromatic N) is 2. The van der Waals surface area contributed by atoms with Crippen LogP contribution in [-0.2, 0) is 0 Å². The van der Waals surface area contributed by atoms with Gasteiger partial charge in [0.25, 0.3) is 0 Å². The lowest BCUT2D eigenvalue weighted by Crippen LogP contribution is -2.11. The molecule has 0 spiro atoms. The van der Waals surface area contributed by atoms with Gasteiger partial charge in [-0.1, -0.05) is 17.8 Å². The molecule has 5 heteroatoms. The van der Waals surface area contributed by atoms with E-state index in [4.69, 9.17) is 0 Å². The van der Waals surface area contributed by atoms with Crippen molar-refractivity contribution in [1.82, 2.24) is 15.5 Å². The Bertz CT molecular complexity index is 307. The van der Waals surface area contributed by atoms with E-state index in [1.54, 1.807) is 11.3 Å². The average Bonchev–Trinajstić information content (AvgIpc) is 2.78. The zero-order valence-electron chi connectivity index (χ0n) is 9.19. The van der Waals surface area contributed by atoms with E-state index in [0.29, 0.717) is 11.3 Å². The highest BCUT2D eigenvalue weighted by Gasteiger charge is 2.21. The smallest absolute Gasteiger partial charge is 0.134 e. The Morgan fingerprint density at radius 2 is 2.27 bits per heavy atom. The summed E-state index contributed by atoms with van der Waals surface area (Å²) in [7, 11) is 1.96. The van der Waals surface area contributed by atoms with Gasteiger partial charge in [0, 0.05) is 0 Å². The second-order valence-corrected chi connectivity index (χ2v) is 6.20. The molecule has 1 aliphatic rings. The van der Waals surface area contributed by atoms with Crippen LogP contribution in [0.5, 0.6) is 0 Å². The summed E-state index contributed by atoms with van der Waals surface area (Å²) in [5.41, 5.74) is 0. The lowest BCUT2D eigenvalue weighted by molar-refractivity contribution is 0.637. The maximum Gasteiger partial charge on any atom is 0.134 e. The zero-order chi connectivity index (χ0) is 10.7. The fourth-order valence-corrected chi connectivity index (χ4v) is 4.06. The van der Waals surface area contributed by atoms with Crippen molar-refractivity contribution in [3.05, 3.63) is 10.0 Å². The summed E-state index contributed by atoms with van der Waals surface area (Å²) in [5, 5.41) is 14.7. The third-order valence-corrected chi connectivity index (χ3v) is 5.47. The summed E-state index contributed by atoms with van der Waals surface area (Å²) in [6, 6.07) is 0.324. The Labute approximate surface area is 99.1 Å². The molecule has 15 heavy (non-hydrogen) atoms. The van der Waals surface area contributed by atoms with Crippen molar-refractivity contribution in [2.24, 2.45) is 0 Å². The van der Waals surface area contributed by atoms with Gasteiger partial charge in [0.15, 0.2) is 0 Å². The van der Waals surface area contributed by atoms with Gasteiger partial charge < -0.3 is 5.32 Å². The molecule has 2 rings (SSSR count). The second-order valence-electron chi connectivity index (χ2n) is 3.84. The molecule has 0 amide bonds. The summed E-state index contributed by atoms with van der Waals surface area (Å²) in [6.07, 6.45) is 3.97. The Kier molecular flexibility index (Phi) is 3.99. The largest absolute Gasteiger partial charge is 0.311 e. The zero-order valence-corrected chi connectivity index (χ0v) is 10.8. The van der Waals surface area contributed by atoms with Crippen molar-refractivity contribution < 1.29 is 0 Å². The standard InChI is InChI=1S/C10H17N3S2/c1-7(11-2)9-12-13-10(15-9)8-5-3-4-6-14-8/h7-8,11H,3-6H2,1-2H3. The van der Waals surface area contributed by atoms with Gasteiger partial charge in [-0.3, -0.25) is 0 Å². The highest BCUT2D eigenvalue weighted by Crippen LogP contribution is 2.39. The molecule has 0 radical (unpaired) electrons. The maximum absolute atomic E-state index is 4.32. The first-order chi connectivity index (χ1) is 7.31. The minimum atomic E-state index is 0.324. The number of nitrogens with one attached hydrogen (secondary N) is 1. The first-order valence-electron chi connectivity index (χ1n) is 5.43. The van der Waals surface area contributed by atoms with Crippen LogP contribution in [-0.4, -0.2) is 23.0 Å². The van der Waals surface area contributed by atoms with Gasteiger partial charge in [-0.15, -0.1) is 10.2 Å². The van der Waals surface area contributed by atoms with Crippen molar-refractivity contribution in [1.29, 1.82) is 0 Å². The topological polar surface area (TPSA) is 37.8 Å². The van der Waals surface area contributed by atoms with Crippen molar-refractivity contribution in [3.8, 4) is 0 Å². The highest BCUT2D eigenvalue weighted by molar-refractivity contribution is 7.99. The van der Waals surface area contributed by atoms with E-state index in [1.165, 1.54) is 30.0 Å². The molecule has 0 bridgehead atoms. The van der Waals surface area contributed by atoms with Gasteiger partial charge in [-0.05, 0) is 32.6 Å². The molecule has 84 valence electrons. The molecular formula is C10H17N3S2. The van der Waals surface area contributed by atoms with Crippen molar-refractivity contribution in [2.75, 3.05) is 12.8 Å². The predicted octanol–water partition coefficient (Wildman–Crippen LogP) is 2.78. The Balaban J connectivity index is 2.05. The van der Waals surface area contributed by atoms with E-state index < -0.39 is 0 Å². The molecule has 2 heterocycles. The first kappa shape index (κ1) is 11.4. The van der Waals surface area contributed by atoms with Crippen molar-refractivity contribution in [3.63, 3.8) is 0 Å². The number of hydrogen-bond donors (Lipinski definition) is 1. The van der Waals surface area contributed by atoms with Crippen LogP contribution < -0.4 is 5.32 Å². The SMILES string of the molecule is CNC(C)c1nnc(C2CCCCS2)s1. The fourth-order valence-electron chi connectivity index (χ4n) is 1.61. The minimum Gasteiger partial charge on any atom is -0.311 e. The third-order valence-electron chi connectivity index (χ3n) is 2.71. The minimum absolute atomic E-state index is 0.324. The van der Waals surface area contributed by atoms with E-state index in [9.17, 15) is 0 Å². The number of aromatic nitrogens is 2. The van der Waals surface area contributed by atoms with Crippen LogP contribution in [0.2, 0.25) is 0 Å². The molecule has 1 N–H and O–H groups in total. The summed E-state index contributed by atoms with van der Waals surface area (Å²) in [5.74, 6) is 1.28. The van der Waals surface area contributed by atoms with Crippen LogP contribution in [0.25, 0.3) is 0 Å². The average molecular weight is 243 g/mol. The van der Waals surface area contributed by atoms with Crippen molar-refractivity contribution >= 4 is 23.1 Å². The third kappa shape index (κ3) is 2.71. The van der Waals surface area contributed by atoms with Crippen LogP contribution in [0.15, 0.2) is 0 Å². The Hall–Kier alpha value is -0.130.